The van der Waals surface area contributed by atoms with Gasteiger partial charge in [-0.05, 0) is 33.7 Å². The first-order valence-electron chi connectivity index (χ1n) is 6.77. The van der Waals surface area contributed by atoms with Crippen LogP contribution in [-0.2, 0) is 4.79 Å². The van der Waals surface area contributed by atoms with Crippen molar-refractivity contribution in [3.8, 4) is 0 Å². The molecule has 4 nitrogen and oxygen atoms in total. The van der Waals surface area contributed by atoms with Crippen molar-refractivity contribution in [2.45, 2.75) is 57.2 Å². The molecule has 1 amide bonds. The number of piperazine rings is 1. The molecule has 98 valence electrons. The fourth-order valence-corrected chi connectivity index (χ4v) is 3.38. The summed E-state index contributed by atoms with van der Waals surface area (Å²) in [5, 5.41) is 6.20. The van der Waals surface area contributed by atoms with Crippen LogP contribution in [-0.4, -0.2) is 48.6 Å². The van der Waals surface area contributed by atoms with Crippen molar-refractivity contribution in [1.29, 1.82) is 0 Å². The van der Waals surface area contributed by atoms with E-state index in [0.717, 1.165) is 13.1 Å². The van der Waals surface area contributed by atoms with Gasteiger partial charge in [-0.3, -0.25) is 9.69 Å². The maximum Gasteiger partial charge on any atom is 0.238 e. The summed E-state index contributed by atoms with van der Waals surface area (Å²) >= 11 is 0. The second kappa shape index (κ2) is 4.94. The van der Waals surface area contributed by atoms with Crippen LogP contribution in [0.15, 0.2) is 0 Å². The topological polar surface area (TPSA) is 44.4 Å². The molecule has 1 heterocycles. The summed E-state index contributed by atoms with van der Waals surface area (Å²) in [5.41, 5.74) is 0.0738. The van der Waals surface area contributed by atoms with Crippen LogP contribution in [0.4, 0.5) is 0 Å². The van der Waals surface area contributed by atoms with Crippen LogP contribution in [0.1, 0.15) is 39.5 Å². The van der Waals surface area contributed by atoms with E-state index in [0.29, 0.717) is 6.04 Å². The fraction of sp³-hybridized carbons (Fsp3) is 0.923. The van der Waals surface area contributed by atoms with Gasteiger partial charge in [-0.2, -0.15) is 0 Å². The number of nitrogens with zero attached hydrogens (tertiary/aromatic N) is 1. The first-order valence-corrected chi connectivity index (χ1v) is 6.77. The zero-order valence-corrected chi connectivity index (χ0v) is 11.3. The minimum Gasteiger partial charge on any atom is -0.353 e. The largest absolute Gasteiger partial charge is 0.353 e. The molecule has 1 saturated carbocycles. The number of carbonyl (C=O) groups is 1. The summed E-state index contributed by atoms with van der Waals surface area (Å²) in [4.78, 5) is 14.5. The van der Waals surface area contributed by atoms with Gasteiger partial charge in [0.05, 0.1) is 0 Å². The average Bonchev–Trinajstić information content (AvgIpc) is 2.77. The Morgan fingerprint density at radius 1 is 1.41 bits per heavy atom. The Balaban J connectivity index is 2.20. The van der Waals surface area contributed by atoms with Crippen molar-refractivity contribution in [1.82, 2.24) is 15.5 Å². The molecule has 17 heavy (non-hydrogen) atoms. The van der Waals surface area contributed by atoms with Crippen molar-refractivity contribution in [3.63, 3.8) is 0 Å². The highest BCUT2D eigenvalue weighted by Crippen LogP contribution is 2.32. The average molecular weight is 239 g/mol. The normalized spacial score (nSPS) is 30.5. The summed E-state index contributed by atoms with van der Waals surface area (Å²) in [6.07, 6.45) is 5.12. The highest BCUT2D eigenvalue weighted by Gasteiger charge is 2.44. The summed E-state index contributed by atoms with van der Waals surface area (Å²) < 4.78 is 0. The number of likely N-dealkylation sites (N-methyl/N-ethyl adjacent to an activating group) is 1. The Hall–Kier alpha value is -0.610. The lowest BCUT2D eigenvalue weighted by molar-refractivity contribution is -0.136. The van der Waals surface area contributed by atoms with E-state index >= 15 is 0 Å². The van der Waals surface area contributed by atoms with Gasteiger partial charge >= 0.3 is 0 Å². The third-order valence-electron chi connectivity index (χ3n) is 4.15. The highest BCUT2D eigenvalue weighted by atomic mass is 16.2. The van der Waals surface area contributed by atoms with E-state index in [4.69, 9.17) is 0 Å². The van der Waals surface area contributed by atoms with E-state index in [2.05, 4.69) is 29.4 Å². The molecule has 1 saturated heterocycles. The molecular weight excluding hydrogens is 214 g/mol. The predicted octanol–water partition coefficient (Wildman–Crippen LogP) is 0.727. The van der Waals surface area contributed by atoms with Crippen LogP contribution in [0.5, 0.6) is 0 Å². The van der Waals surface area contributed by atoms with Gasteiger partial charge in [0, 0.05) is 24.7 Å². The molecule has 0 aromatic carbocycles. The third kappa shape index (κ3) is 2.47. The first-order chi connectivity index (χ1) is 8.06. The van der Waals surface area contributed by atoms with Gasteiger partial charge in [0.1, 0.15) is 6.04 Å². The maximum atomic E-state index is 12.0. The Morgan fingerprint density at radius 3 is 2.65 bits per heavy atom. The fourth-order valence-electron chi connectivity index (χ4n) is 3.38. The Labute approximate surface area is 104 Å². The molecule has 1 unspecified atom stereocenters. The zero-order valence-electron chi connectivity index (χ0n) is 11.3. The van der Waals surface area contributed by atoms with E-state index in [1.807, 2.05) is 7.05 Å². The molecule has 1 aliphatic carbocycles. The number of hydrogen-bond donors (Lipinski definition) is 2. The summed E-state index contributed by atoms with van der Waals surface area (Å²) in [5.74, 6) is 0.186. The van der Waals surface area contributed by atoms with Crippen molar-refractivity contribution in [3.05, 3.63) is 0 Å². The number of hydrogen-bond acceptors (Lipinski definition) is 3. The molecule has 0 radical (unpaired) electrons. The van der Waals surface area contributed by atoms with Gasteiger partial charge in [-0.15, -0.1) is 0 Å². The Kier molecular flexibility index (Phi) is 3.73. The highest BCUT2D eigenvalue weighted by molar-refractivity contribution is 5.83. The smallest absolute Gasteiger partial charge is 0.238 e. The monoisotopic (exact) mass is 239 g/mol. The second-order valence-electron chi connectivity index (χ2n) is 5.95. The molecule has 2 N–H and O–H groups in total. The van der Waals surface area contributed by atoms with Crippen molar-refractivity contribution in [2.24, 2.45) is 0 Å². The lowest BCUT2D eigenvalue weighted by Crippen LogP contribution is -2.69. The molecule has 2 aliphatic rings. The minimum absolute atomic E-state index is 0.00755. The van der Waals surface area contributed by atoms with Crippen LogP contribution in [0.25, 0.3) is 0 Å². The summed E-state index contributed by atoms with van der Waals surface area (Å²) in [6.45, 7) is 6.00. The van der Waals surface area contributed by atoms with E-state index in [1.54, 1.807) is 0 Å². The maximum absolute atomic E-state index is 12.0. The lowest BCUT2D eigenvalue weighted by atomic mass is 9.92. The van der Waals surface area contributed by atoms with Gasteiger partial charge in [-0.1, -0.05) is 12.8 Å². The molecule has 2 fully saturated rings. The second-order valence-corrected chi connectivity index (χ2v) is 5.95. The quantitative estimate of drug-likeness (QED) is 0.763. The molecular formula is C13H25N3O. The van der Waals surface area contributed by atoms with E-state index < -0.39 is 0 Å². The van der Waals surface area contributed by atoms with E-state index in [9.17, 15) is 4.79 Å². The third-order valence-corrected chi connectivity index (χ3v) is 4.15. The first kappa shape index (κ1) is 12.8. The van der Waals surface area contributed by atoms with E-state index in [1.165, 1.54) is 25.7 Å². The van der Waals surface area contributed by atoms with Crippen LogP contribution in [0.3, 0.4) is 0 Å². The molecule has 0 bridgehead atoms. The van der Waals surface area contributed by atoms with Crippen LogP contribution in [0, 0.1) is 0 Å². The Morgan fingerprint density at radius 2 is 2.06 bits per heavy atom. The van der Waals surface area contributed by atoms with Crippen LogP contribution < -0.4 is 10.6 Å². The van der Waals surface area contributed by atoms with Gasteiger partial charge < -0.3 is 10.6 Å². The summed E-state index contributed by atoms with van der Waals surface area (Å²) in [6, 6.07) is 0.584. The molecule has 2 rings (SSSR count). The van der Waals surface area contributed by atoms with Crippen molar-refractivity contribution >= 4 is 5.91 Å². The lowest BCUT2D eigenvalue weighted by Gasteiger charge is -2.50. The zero-order chi connectivity index (χ0) is 12.5. The van der Waals surface area contributed by atoms with Gasteiger partial charge in [0.15, 0.2) is 0 Å². The number of rotatable bonds is 3. The van der Waals surface area contributed by atoms with Crippen LogP contribution in [0.2, 0.25) is 0 Å². The molecule has 4 heteroatoms. The van der Waals surface area contributed by atoms with E-state index in [-0.39, 0.29) is 17.5 Å². The Bertz CT molecular complexity index is 284. The molecule has 0 spiro atoms. The van der Waals surface area contributed by atoms with Gasteiger partial charge in [0.25, 0.3) is 0 Å². The van der Waals surface area contributed by atoms with Gasteiger partial charge in [-0.25, -0.2) is 0 Å². The minimum atomic E-state index is -0.00755. The van der Waals surface area contributed by atoms with Crippen LogP contribution >= 0.6 is 0 Å². The molecule has 1 atom stereocenters. The van der Waals surface area contributed by atoms with Crippen molar-refractivity contribution < 1.29 is 4.79 Å². The molecule has 1 aliphatic heterocycles. The summed E-state index contributed by atoms with van der Waals surface area (Å²) in [7, 11) is 1.92. The molecule has 0 aromatic rings. The predicted molar refractivity (Wildman–Crippen MR) is 68.9 cm³/mol. The molecule has 0 aromatic heterocycles. The van der Waals surface area contributed by atoms with Gasteiger partial charge in [0.2, 0.25) is 5.91 Å². The number of amides is 1. The SMILES string of the molecule is CNCC1C(=O)NCC(C)(C)N1C1CCCC1. The number of nitrogens with one attached hydrogen (secondary N) is 2. The standard InChI is InChI=1S/C13H25N3O/c1-13(2)9-15-12(17)11(8-14-3)16(13)10-6-4-5-7-10/h10-11,14H,4-9H2,1-3H3,(H,15,17). The number of carbonyl (C=O) groups excluding carboxylic acids is 1. The van der Waals surface area contributed by atoms with Crippen molar-refractivity contribution in [2.75, 3.05) is 20.1 Å².